The molecule has 0 amide bonds. The molecular formula is C12H14F3NO2S. The summed E-state index contributed by atoms with van der Waals surface area (Å²) in [5.74, 6) is 0. The molecule has 7 heteroatoms. The molecule has 3 nitrogen and oxygen atoms in total. The molecule has 0 radical (unpaired) electrons. The van der Waals surface area contributed by atoms with Crippen LogP contribution in [0.15, 0.2) is 29.2 Å². The van der Waals surface area contributed by atoms with E-state index >= 15 is 0 Å². The molecule has 1 aromatic rings. The highest BCUT2D eigenvalue weighted by Gasteiger charge is 2.36. The van der Waals surface area contributed by atoms with Gasteiger partial charge in [0, 0.05) is 6.04 Å². The Kier molecular flexibility index (Phi) is 3.61. The van der Waals surface area contributed by atoms with Crippen molar-refractivity contribution in [1.82, 2.24) is 0 Å². The third kappa shape index (κ3) is 2.92. The molecule has 106 valence electrons. The van der Waals surface area contributed by atoms with E-state index in [-0.39, 0.29) is 10.9 Å². The number of alkyl halides is 3. The molecule has 2 N–H and O–H groups in total. The van der Waals surface area contributed by atoms with Crippen molar-refractivity contribution in [2.75, 3.05) is 0 Å². The molecule has 1 saturated carbocycles. The van der Waals surface area contributed by atoms with Crippen LogP contribution in [0.2, 0.25) is 0 Å². The molecule has 2 unspecified atom stereocenters. The Morgan fingerprint density at radius 1 is 1.21 bits per heavy atom. The minimum Gasteiger partial charge on any atom is -0.328 e. The zero-order valence-corrected chi connectivity index (χ0v) is 10.8. The quantitative estimate of drug-likeness (QED) is 0.910. The molecule has 1 aliphatic rings. The second-order valence-electron chi connectivity index (χ2n) is 4.77. The Hall–Kier alpha value is -1.08. The first-order valence-electron chi connectivity index (χ1n) is 5.88. The number of halogens is 3. The van der Waals surface area contributed by atoms with Gasteiger partial charge in [0.25, 0.3) is 0 Å². The van der Waals surface area contributed by atoms with E-state index in [0.717, 1.165) is 12.1 Å². The Morgan fingerprint density at radius 3 is 2.42 bits per heavy atom. The van der Waals surface area contributed by atoms with Crippen molar-refractivity contribution in [3.8, 4) is 0 Å². The van der Waals surface area contributed by atoms with Crippen LogP contribution >= 0.6 is 0 Å². The van der Waals surface area contributed by atoms with Crippen molar-refractivity contribution >= 4 is 9.84 Å². The fourth-order valence-corrected chi connectivity index (χ4v) is 4.19. The van der Waals surface area contributed by atoms with Crippen LogP contribution < -0.4 is 5.73 Å². The minimum absolute atomic E-state index is 0.189. The van der Waals surface area contributed by atoms with Gasteiger partial charge in [0.15, 0.2) is 9.84 Å². The average Bonchev–Trinajstić information content (AvgIpc) is 2.76. The van der Waals surface area contributed by atoms with Gasteiger partial charge in [-0.1, -0.05) is 6.07 Å². The summed E-state index contributed by atoms with van der Waals surface area (Å²) in [5.41, 5.74) is 4.71. The zero-order chi connectivity index (χ0) is 14.3. The van der Waals surface area contributed by atoms with Crippen LogP contribution in [0.5, 0.6) is 0 Å². The molecule has 0 bridgehead atoms. The topological polar surface area (TPSA) is 60.2 Å². The van der Waals surface area contributed by atoms with Crippen molar-refractivity contribution in [3.63, 3.8) is 0 Å². The molecule has 1 aliphatic carbocycles. The Morgan fingerprint density at radius 2 is 1.89 bits per heavy atom. The van der Waals surface area contributed by atoms with Gasteiger partial charge in [-0.25, -0.2) is 8.42 Å². The van der Waals surface area contributed by atoms with E-state index in [0.29, 0.717) is 25.3 Å². The predicted octanol–water partition coefficient (Wildman–Crippen LogP) is 2.36. The average molecular weight is 293 g/mol. The molecule has 0 aliphatic heterocycles. The van der Waals surface area contributed by atoms with E-state index < -0.39 is 26.8 Å². The van der Waals surface area contributed by atoms with Gasteiger partial charge in [0.05, 0.1) is 15.7 Å². The first kappa shape index (κ1) is 14.3. The highest BCUT2D eigenvalue weighted by atomic mass is 32.2. The lowest BCUT2D eigenvalue weighted by atomic mass is 10.2. The first-order valence-corrected chi connectivity index (χ1v) is 7.42. The monoisotopic (exact) mass is 293 g/mol. The fraction of sp³-hybridized carbons (Fsp3) is 0.500. The Bertz CT molecular complexity index is 569. The Labute approximate surface area is 109 Å². The smallest absolute Gasteiger partial charge is 0.328 e. The normalized spacial score (nSPS) is 24.6. The molecule has 0 spiro atoms. The largest absolute Gasteiger partial charge is 0.416 e. The van der Waals surface area contributed by atoms with E-state index in [4.69, 9.17) is 5.73 Å². The number of nitrogens with two attached hydrogens (primary N) is 1. The zero-order valence-electron chi connectivity index (χ0n) is 10.0. The standard InChI is InChI=1S/C12H14F3NO2S/c13-12(14,15)8-2-1-3-10(6-8)19(17,18)11-5-4-9(16)7-11/h1-3,6,9,11H,4-5,7,16H2. The number of rotatable bonds is 2. The SMILES string of the molecule is NC1CCC(S(=O)(=O)c2cccc(C(F)(F)F)c2)C1. The lowest BCUT2D eigenvalue weighted by Crippen LogP contribution is -2.22. The summed E-state index contributed by atoms with van der Waals surface area (Å²) in [7, 11) is -3.73. The van der Waals surface area contributed by atoms with E-state index in [1.807, 2.05) is 0 Å². The fourth-order valence-electron chi connectivity index (χ4n) is 2.30. The summed E-state index contributed by atoms with van der Waals surface area (Å²) in [6, 6.07) is 3.68. The van der Waals surface area contributed by atoms with Gasteiger partial charge >= 0.3 is 6.18 Å². The molecular weight excluding hydrogens is 279 g/mol. The van der Waals surface area contributed by atoms with Gasteiger partial charge in [-0.15, -0.1) is 0 Å². The number of sulfone groups is 1. The van der Waals surface area contributed by atoms with E-state index in [2.05, 4.69) is 0 Å². The summed E-state index contributed by atoms with van der Waals surface area (Å²) in [6.45, 7) is 0. The molecule has 2 rings (SSSR count). The van der Waals surface area contributed by atoms with Gasteiger partial charge in [-0.05, 0) is 37.5 Å². The van der Waals surface area contributed by atoms with Gasteiger partial charge < -0.3 is 5.73 Å². The van der Waals surface area contributed by atoms with Crippen LogP contribution in [0.1, 0.15) is 24.8 Å². The van der Waals surface area contributed by atoms with E-state index in [1.165, 1.54) is 6.07 Å². The van der Waals surface area contributed by atoms with Crippen LogP contribution in [-0.4, -0.2) is 19.7 Å². The highest BCUT2D eigenvalue weighted by molar-refractivity contribution is 7.92. The third-order valence-corrected chi connectivity index (χ3v) is 5.57. The summed E-state index contributed by atoms with van der Waals surface area (Å²) < 4.78 is 62.2. The summed E-state index contributed by atoms with van der Waals surface area (Å²) in [5, 5.41) is -0.675. The maximum Gasteiger partial charge on any atom is 0.416 e. The molecule has 19 heavy (non-hydrogen) atoms. The van der Waals surface area contributed by atoms with Crippen LogP contribution in [0.4, 0.5) is 13.2 Å². The molecule has 0 aromatic heterocycles. The summed E-state index contributed by atoms with van der Waals surface area (Å²) in [6.07, 6.45) is -3.25. The first-order chi connectivity index (χ1) is 8.71. The molecule has 0 saturated heterocycles. The molecule has 2 atom stereocenters. The van der Waals surface area contributed by atoms with Gasteiger partial charge in [-0.2, -0.15) is 13.2 Å². The van der Waals surface area contributed by atoms with E-state index in [1.54, 1.807) is 0 Å². The third-order valence-electron chi connectivity index (χ3n) is 3.35. The maximum absolute atomic E-state index is 12.6. The van der Waals surface area contributed by atoms with Crippen LogP contribution in [-0.2, 0) is 16.0 Å². The lowest BCUT2D eigenvalue weighted by Gasteiger charge is -2.13. The lowest BCUT2D eigenvalue weighted by molar-refractivity contribution is -0.137. The van der Waals surface area contributed by atoms with Crippen molar-refractivity contribution < 1.29 is 21.6 Å². The van der Waals surface area contributed by atoms with Crippen molar-refractivity contribution in [1.29, 1.82) is 0 Å². The Balaban J connectivity index is 2.36. The van der Waals surface area contributed by atoms with Gasteiger partial charge in [-0.3, -0.25) is 0 Å². The second kappa shape index (κ2) is 4.79. The minimum atomic E-state index is -4.54. The predicted molar refractivity (Wildman–Crippen MR) is 64.2 cm³/mol. The summed E-state index contributed by atoms with van der Waals surface area (Å²) in [4.78, 5) is -0.276. The van der Waals surface area contributed by atoms with Crippen molar-refractivity contribution in [3.05, 3.63) is 29.8 Å². The van der Waals surface area contributed by atoms with E-state index in [9.17, 15) is 21.6 Å². The number of hydrogen-bond donors (Lipinski definition) is 1. The molecule has 1 fully saturated rings. The maximum atomic E-state index is 12.6. The van der Waals surface area contributed by atoms with Crippen molar-refractivity contribution in [2.24, 2.45) is 5.73 Å². The van der Waals surface area contributed by atoms with Gasteiger partial charge in [0.2, 0.25) is 0 Å². The second-order valence-corrected chi connectivity index (χ2v) is 6.99. The number of hydrogen-bond acceptors (Lipinski definition) is 3. The van der Waals surface area contributed by atoms with Crippen molar-refractivity contribution in [2.45, 2.75) is 41.6 Å². The van der Waals surface area contributed by atoms with Crippen LogP contribution in [0, 0.1) is 0 Å². The summed E-state index contributed by atoms with van der Waals surface area (Å²) >= 11 is 0. The molecule has 0 heterocycles. The number of benzene rings is 1. The highest BCUT2D eigenvalue weighted by Crippen LogP contribution is 2.33. The van der Waals surface area contributed by atoms with Gasteiger partial charge in [0.1, 0.15) is 0 Å². The molecule has 1 aromatic carbocycles. The van der Waals surface area contributed by atoms with Crippen LogP contribution in [0.3, 0.4) is 0 Å². The van der Waals surface area contributed by atoms with Crippen LogP contribution in [0.25, 0.3) is 0 Å².